The van der Waals surface area contributed by atoms with Crippen molar-refractivity contribution in [2.24, 2.45) is 5.73 Å². The van der Waals surface area contributed by atoms with E-state index < -0.39 is 0 Å². The first-order valence-corrected chi connectivity index (χ1v) is 7.20. The Morgan fingerprint density at radius 1 is 1.26 bits per heavy atom. The third-order valence-electron chi connectivity index (χ3n) is 3.03. The third kappa shape index (κ3) is 2.52. The smallest absolute Gasteiger partial charge is 0.212 e. The molecule has 19 heavy (non-hydrogen) atoms. The zero-order valence-electron chi connectivity index (χ0n) is 10.8. The van der Waals surface area contributed by atoms with E-state index in [0.29, 0.717) is 6.54 Å². The Labute approximate surface area is 115 Å². The number of imidazole rings is 1. The second kappa shape index (κ2) is 5.11. The normalized spacial score (nSPS) is 11.3. The molecule has 0 saturated carbocycles. The Morgan fingerprint density at radius 3 is 2.74 bits per heavy atom. The minimum atomic E-state index is 0.705. The van der Waals surface area contributed by atoms with Crippen molar-refractivity contribution in [3.05, 3.63) is 41.0 Å². The molecule has 98 valence electrons. The van der Waals surface area contributed by atoms with Gasteiger partial charge < -0.3 is 5.73 Å². The highest BCUT2D eigenvalue weighted by molar-refractivity contribution is 7.16. The van der Waals surface area contributed by atoms with Crippen molar-refractivity contribution >= 4 is 16.3 Å². The van der Waals surface area contributed by atoms with Crippen LogP contribution < -0.4 is 5.73 Å². The van der Waals surface area contributed by atoms with Crippen LogP contribution in [-0.4, -0.2) is 21.1 Å². The van der Waals surface area contributed by atoms with Crippen molar-refractivity contribution < 1.29 is 0 Å². The number of hydrogen-bond acceptors (Lipinski definition) is 4. The zero-order chi connectivity index (χ0) is 13.2. The molecule has 3 aromatic rings. The maximum atomic E-state index is 5.51. The monoisotopic (exact) mass is 272 g/mol. The highest BCUT2D eigenvalue weighted by Gasteiger charge is 2.09. The minimum absolute atomic E-state index is 0.705. The topological polar surface area (TPSA) is 56.2 Å². The SMILES string of the molecule is Cc1ccc(-c2cn3nc(CCCN)sc3n2)cc1. The molecule has 0 aliphatic heterocycles. The van der Waals surface area contributed by atoms with Gasteiger partial charge in [0.05, 0.1) is 11.9 Å². The van der Waals surface area contributed by atoms with Gasteiger partial charge in [0.2, 0.25) is 4.96 Å². The van der Waals surface area contributed by atoms with Crippen LogP contribution in [0.4, 0.5) is 0 Å². The summed E-state index contributed by atoms with van der Waals surface area (Å²) in [5.74, 6) is 0. The fourth-order valence-electron chi connectivity index (χ4n) is 1.96. The lowest BCUT2D eigenvalue weighted by molar-refractivity contribution is 0.799. The molecular formula is C14H16N4S. The van der Waals surface area contributed by atoms with Crippen LogP contribution in [0.25, 0.3) is 16.2 Å². The number of nitrogens with zero attached hydrogens (tertiary/aromatic N) is 3. The van der Waals surface area contributed by atoms with Gasteiger partial charge in [-0.1, -0.05) is 41.2 Å². The maximum absolute atomic E-state index is 5.51. The van der Waals surface area contributed by atoms with Crippen molar-refractivity contribution in [1.29, 1.82) is 0 Å². The number of aryl methyl sites for hydroxylation is 2. The number of aromatic nitrogens is 3. The van der Waals surface area contributed by atoms with Gasteiger partial charge in [-0.25, -0.2) is 9.50 Å². The summed E-state index contributed by atoms with van der Waals surface area (Å²) in [6, 6.07) is 8.39. The molecule has 0 atom stereocenters. The van der Waals surface area contributed by atoms with Crippen LogP contribution in [0.3, 0.4) is 0 Å². The van der Waals surface area contributed by atoms with E-state index in [-0.39, 0.29) is 0 Å². The number of nitrogens with two attached hydrogens (primary N) is 1. The van der Waals surface area contributed by atoms with Crippen LogP contribution in [0.15, 0.2) is 30.5 Å². The Hall–Kier alpha value is -1.72. The number of fused-ring (bicyclic) bond motifs is 1. The quantitative estimate of drug-likeness (QED) is 0.794. The molecule has 0 bridgehead atoms. The second-order valence-electron chi connectivity index (χ2n) is 4.61. The lowest BCUT2D eigenvalue weighted by Crippen LogP contribution is -2.00. The molecule has 0 spiro atoms. The van der Waals surface area contributed by atoms with Gasteiger partial charge in [-0.2, -0.15) is 5.10 Å². The van der Waals surface area contributed by atoms with E-state index in [1.165, 1.54) is 5.56 Å². The van der Waals surface area contributed by atoms with E-state index in [2.05, 4.69) is 41.3 Å². The average Bonchev–Trinajstić information content (AvgIpc) is 2.95. The fraction of sp³-hybridized carbons (Fsp3) is 0.286. The van der Waals surface area contributed by atoms with Crippen molar-refractivity contribution in [2.45, 2.75) is 19.8 Å². The van der Waals surface area contributed by atoms with Gasteiger partial charge in [0.1, 0.15) is 5.01 Å². The van der Waals surface area contributed by atoms with E-state index in [0.717, 1.165) is 34.1 Å². The number of hydrogen-bond donors (Lipinski definition) is 1. The molecule has 0 saturated heterocycles. The predicted octanol–water partition coefficient (Wildman–Crippen LogP) is 2.66. The molecule has 1 aromatic carbocycles. The van der Waals surface area contributed by atoms with Gasteiger partial charge in [0.25, 0.3) is 0 Å². The van der Waals surface area contributed by atoms with Gasteiger partial charge in [-0.15, -0.1) is 0 Å². The van der Waals surface area contributed by atoms with Gasteiger partial charge in [-0.3, -0.25) is 0 Å². The van der Waals surface area contributed by atoms with Gasteiger partial charge >= 0.3 is 0 Å². The van der Waals surface area contributed by atoms with Gasteiger partial charge in [0.15, 0.2) is 0 Å². The summed E-state index contributed by atoms with van der Waals surface area (Å²) in [6.07, 6.45) is 3.90. The molecule has 0 aliphatic carbocycles. The lowest BCUT2D eigenvalue weighted by Gasteiger charge is -1.96. The van der Waals surface area contributed by atoms with Crippen molar-refractivity contribution in [3.63, 3.8) is 0 Å². The standard InChI is InChI=1S/C14H16N4S/c1-10-4-6-11(7-5-10)12-9-18-14(16-12)19-13(17-18)3-2-8-15/h4-7,9H,2-3,8,15H2,1H3. The molecule has 3 rings (SSSR count). The molecule has 5 heteroatoms. The van der Waals surface area contributed by atoms with Crippen molar-refractivity contribution in [1.82, 2.24) is 14.6 Å². The Balaban J connectivity index is 1.90. The summed E-state index contributed by atoms with van der Waals surface area (Å²) >= 11 is 1.64. The largest absolute Gasteiger partial charge is 0.330 e. The van der Waals surface area contributed by atoms with E-state index >= 15 is 0 Å². The van der Waals surface area contributed by atoms with E-state index in [1.807, 2.05) is 10.7 Å². The summed E-state index contributed by atoms with van der Waals surface area (Å²) < 4.78 is 1.87. The van der Waals surface area contributed by atoms with Crippen molar-refractivity contribution in [2.75, 3.05) is 6.54 Å². The first-order valence-electron chi connectivity index (χ1n) is 6.38. The summed E-state index contributed by atoms with van der Waals surface area (Å²) in [4.78, 5) is 5.58. The van der Waals surface area contributed by atoms with E-state index in [9.17, 15) is 0 Å². The minimum Gasteiger partial charge on any atom is -0.330 e. The molecule has 0 radical (unpaired) electrons. The van der Waals surface area contributed by atoms with Crippen LogP contribution in [0.5, 0.6) is 0 Å². The zero-order valence-corrected chi connectivity index (χ0v) is 11.7. The third-order valence-corrected chi connectivity index (χ3v) is 4.01. The van der Waals surface area contributed by atoms with Crippen LogP contribution >= 0.6 is 11.3 Å². The Bertz CT molecular complexity index is 650. The van der Waals surface area contributed by atoms with E-state index in [1.54, 1.807) is 11.3 Å². The highest BCUT2D eigenvalue weighted by atomic mass is 32.1. The lowest BCUT2D eigenvalue weighted by atomic mass is 10.1. The average molecular weight is 272 g/mol. The van der Waals surface area contributed by atoms with Crippen LogP contribution in [-0.2, 0) is 6.42 Å². The first kappa shape index (κ1) is 12.3. The van der Waals surface area contributed by atoms with Gasteiger partial charge in [0, 0.05) is 12.0 Å². The highest BCUT2D eigenvalue weighted by Crippen LogP contribution is 2.22. The summed E-state index contributed by atoms with van der Waals surface area (Å²) in [5, 5.41) is 5.63. The Kier molecular flexibility index (Phi) is 3.31. The Morgan fingerprint density at radius 2 is 2.05 bits per heavy atom. The predicted molar refractivity (Wildman–Crippen MR) is 78.4 cm³/mol. The van der Waals surface area contributed by atoms with E-state index in [4.69, 9.17) is 5.73 Å². The molecule has 0 aliphatic rings. The molecule has 0 unspecified atom stereocenters. The molecule has 2 aromatic heterocycles. The van der Waals surface area contributed by atoms with Crippen LogP contribution in [0, 0.1) is 6.92 Å². The first-order chi connectivity index (χ1) is 9.26. The summed E-state index contributed by atoms with van der Waals surface area (Å²) in [7, 11) is 0. The van der Waals surface area contributed by atoms with Crippen LogP contribution in [0.2, 0.25) is 0 Å². The summed E-state index contributed by atoms with van der Waals surface area (Å²) in [6.45, 7) is 2.79. The molecule has 4 nitrogen and oxygen atoms in total. The molecule has 0 amide bonds. The molecule has 2 N–H and O–H groups in total. The second-order valence-corrected chi connectivity index (χ2v) is 5.65. The van der Waals surface area contributed by atoms with Crippen LogP contribution in [0.1, 0.15) is 17.0 Å². The number of benzene rings is 1. The number of rotatable bonds is 4. The molecular weight excluding hydrogens is 256 g/mol. The van der Waals surface area contributed by atoms with Gasteiger partial charge in [-0.05, 0) is 19.9 Å². The molecule has 0 fully saturated rings. The van der Waals surface area contributed by atoms with Crippen molar-refractivity contribution in [3.8, 4) is 11.3 Å². The summed E-state index contributed by atoms with van der Waals surface area (Å²) in [5.41, 5.74) is 8.88. The molecule has 2 heterocycles. The maximum Gasteiger partial charge on any atom is 0.212 e. The fourth-order valence-corrected chi connectivity index (χ4v) is 2.88.